The highest BCUT2D eigenvalue weighted by Crippen LogP contribution is 2.46. The summed E-state index contributed by atoms with van der Waals surface area (Å²) in [4.78, 5) is 32.2. The van der Waals surface area contributed by atoms with Crippen molar-refractivity contribution in [3.63, 3.8) is 0 Å². The number of methoxy groups -OCH3 is 1. The second-order valence-corrected chi connectivity index (χ2v) is 9.11. The van der Waals surface area contributed by atoms with E-state index in [4.69, 9.17) is 4.74 Å². The van der Waals surface area contributed by atoms with Crippen LogP contribution in [0.15, 0.2) is 96.6 Å². The number of aliphatic hydroxyl groups excluding tert-OH is 1. The first-order valence-corrected chi connectivity index (χ1v) is 12.0. The second-order valence-electron chi connectivity index (χ2n) is 9.11. The summed E-state index contributed by atoms with van der Waals surface area (Å²) in [5, 5.41) is 14.3. The number of aromatic amines is 1. The summed E-state index contributed by atoms with van der Waals surface area (Å²) in [5.74, 6) is -1.08. The lowest BCUT2D eigenvalue weighted by atomic mass is 9.92. The fourth-order valence-electron chi connectivity index (χ4n) is 5.36. The van der Waals surface area contributed by atoms with Crippen LogP contribution in [0, 0.1) is 6.92 Å². The molecule has 182 valence electrons. The van der Waals surface area contributed by atoms with Gasteiger partial charge < -0.3 is 14.8 Å². The normalized spacial score (nSPS) is 17.1. The van der Waals surface area contributed by atoms with E-state index in [0.29, 0.717) is 17.0 Å². The monoisotopic (exact) mass is 488 g/mol. The SMILES string of the molecule is COc1cccc(N2C(=O)C(=O)/C(=C(/O)c3cccc4ccccc34)C2c2c(C)[nH]c3ccccc23)c1. The smallest absolute Gasteiger partial charge is 0.300 e. The van der Waals surface area contributed by atoms with E-state index in [2.05, 4.69) is 4.98 Å². The number of para-hydroxylation sites is 1. The Kier molecular flexibility index (Phi) is 5.30. The molecule has 0 radical (unpaired) electrons. The molecule has 37 heavy (non-hydrogen) atoms. The highest BCUT2D eigenvalue weighted by Gasteiger charge is 2.48. The number of nitrogens with one attached hydrogen (secondary N) is 1. The average molecular weight is 489 g/mol. The minimum absolute atomic E-state index is 0.0528. The van der Waals surface area contributed by atoms with Crippen molar-refractivity contribution in [2.75, 3.05) is 12.0 Å². The number of nitrogens with zero attached hydrogens (tertiary/aromatic N) is 1. The molecule has 1 aliphatic heterocycles. The van der Waals surface area contributed by atoms with Crippen LogP contribution in [-0.2, 0) is 9.59 Å². The molecule has 0 bridgehead atoms. The third-order valence-corrected chi connectivity index (χ3v) is 7.04. The number of carbonyl (C=O) groups is 2. The third-order valence-electron chi connectivity index (χ3n) is 7.04. The molecule has 1 aliphatic rings. The number of amides is 1. The second kappa shape index (κ2) is 8.68. The van der Waals surface area contributed by atoms with Gasteiger partial charge in [0.1, 0.15) is 11.5 Å². The van der Waals surface area contributed by atoms with Gasteiger partial charge in [-0.15, -0.1) is 0 Å². The van der Waals surface area contributed by atoms with Crippen LogP contribution in [0.5, 0.6) is 5.75 Å². The quantitative estimate of drug-likeness (QED) is 0.178. The molecule has 1 atom stereocenters. The first kappa shape index (κ1) is 22.6. The Hall–Kier alpha value is -4.84. The van der Waals surface area contributed by atoms with Crippen LogP contribution >= 0.6 is 0 Å². The number of ether oxygens (including phenoxy) is 1. The molecule has 1 amide bonds. The van der Waals surface area contributed by atoms with Gasteiger partial charge in [0.25, 0.3) is 11.7 Å². The number of aliphatic hydroxyl groups is 1. The molecule has 2 heterocycles. The van der Waals surface area contributed by atoms with E-state index < -0.39 is 17.7 Å². The van der Waals surface area contributed by atoms with Crippen molar-refractivity contribution in [1.29, 1.82) is 0 Å². The first-order chi connectivity index (χ1) is 18.0. The Morgan fingerprint density at radius 2 is 1.59 bits per heavy atom. The van der Waals surface area contributed by atoms with Crippen molar-refractivity contribution >= 4 is 44.8 Å². The molecule has 6 nitrogen and oxygen atoms in total. The highest BCUT2D eigenvalue weighted by atomic mass is 16.5. The van der Waals surface area contributed by atoms with Crippen LogP contribution in [0.1, 0.15) is 22.9 Å². The number of carbonyl (C=O) groups excluding carboxylic acids is 2. The predicted molar refractivity (Wildman–Crippen MR) is 145 cm³/mol. The van der Waals surface area contributed by atoms with Gasteiger partial charge in [0, 0.05) is 39.5 Å². The van der Waals surface area contributed by atoms with Gasteiger partial charge in [0.15, 0.2) is 0 Å². The van der Waals surface area contributed by atoms with Crippen molar-refractivity contribution in [2.24, 2.45) is 0 Å². The molecule has 2 N–H and O–H groups in total. The van der Waals surface area contributed by atoms with E-state index in [1.807, 2.05) is 67.6 Å². The minimum atomic E-state index is -0.845. The summed E-state index contributed by atoms with van der Waals surface area (Å²) >= 11 is 0. The molecule has 1 fully saturated rings. The Labute approximate surface area is 213 Å². The van der Waals surface area contributed by atoms with Gasteiger partial charge in [-0.25, -0.2) is 0 Å². The number of aryl methyl sites for hydroxylation is 1. The standard InChI is InChI=1S/C31H24N2O4/c1-18-26(24-14-5-6-16-25(24)32-18)28-27(29(34)23-15-7-10-19-9-3-4-13-22(19)23)30(35)31(36)33(28)20-11-8-12-21(17-20)37-2/h3-17,28,32,34H,1-2H3/b29-27+. The Bertz CT molecular complexity index is 1740. The Morgan fingerprint density at radius 3 is 2.41 bits per heavy atom. The van der Waals surface area contributed by atoms with Gasteiger partial charge >= 0.3 is 0 Å². The molecular weight excluding hydrogens is 464 g/mol. The number of anilines is 1. The fourth-order valence-corrected chi connectivity index (χ4v) is 5.36. The lowest BCUT2D eigenvalue weighted by Gasteiger charge is -2.26. The molecule has 5 aromatic rings. The molecule has 1 unspecified atom stereocenters. The van der Waals surface area contributed by atoms with E-state index in [0.717, 1.165) is 32.9 Å². The summed E-state index contributed by atoms with van der Waals surface area (Å²) in [6.07, 6.45) is 0. The largest absolute Gasteiger partial charge is 0.507 e. The number of benzene rings is 4. The van der Waals surface area contributed by atoms with Gasteiger partial charge in [-0.3, -0.25) is 14.5 Å². The Morgan fingerprint density at radius 1 is 0.892 bits per heavy atom. The first-order valence-electron chi connectivity index (χ1n) is 12.0. The lowest BCUT2D eigenvalue weighted by molar-refractivity contribution is -0.132. The molecule has 1 saturated heterocycles. The number of Topliss-reactive ketones (excluding diaryl/α,β-unsaturated/α-hetero) is 1. The maximum Gasteiger partial charge on any atom is 0.300 e. The van der Waals surface area contributed by atoms with Crippen LogP contribution in [-0.4, -0.2) is 28.9 Å². The maximum atomic E-state index is 13.7. The molecule has 4 aromatic carbocycles. The topological polar surface area (TPSA) is 82.6 Å². The minimum Gasteiger partial charge on any atom is -0.507 e. The number of hydrogen-bond donors (Lipinski definition) is 2. The summed E-state index contributed by atoms with van der Waals surface area (Å²) in [6.45, 7) is 1.92. The molecule has 6 heteroatoms. The molecule has 0 saturated carbocycles. The van der Waals surface area contributed by atoms with Crippen molar-refractivity contribution in [1.82, 2.24) is 4.98 Å². The van der Waals surface area contributed by atoms with Crippen LogP contribution in [0.2, 0.25) is 0 Å². The van der Waals surface area contributed by atoms with E-state index in [-0.39, 0.29) is 11.3 Å². The average Bonchev–Trinajstić information content (AvgIpc) is 3.39. The van der Waals surface area contributed by atoms with Crippen LogP contribution in [0.3, 0.4) is 0 Å². The molecule has 6 rings (SSSR count). The number of fused-ring (bicyclic) bond motifs is 2. The molecular formula is C31H24N2O4. The van der Waals surface area contributed by atoms with Crippen LogP contribution in [0.4, 0.5) is 5.69 Å². The van der Waals surface area contributed by atoms with Crippen molar-refractivity contribution < 1.29 is 19.4 Å². The van der Waals surface area contributed by atoms with Gasteiger partial charge in [0.05, 0.1) is 18.7 Å². The van der Waals surface area contributed by atoms with E-state index in [1.165, 1.54) is 4.90 Å². The lowest BCUT2D eigenvalue weighted by Crippen LogP contribution is -2.29. The summed E-state index contributed by atoms with van der Waals surface area (Å²) in [7, 11) is 1.55. The van der Waals surface area contributed by atoms with Crippen molar-refractivity contribution in [2.45, 2.75) is 13.0 Å². The molecule has 1 aromatic heterocycles. The van der Waals surface area contributed by atoms with Gasteiger partial charge in [-0.05, 0) is 35.9 Å². The fraction of sp³-hybridized carbons (Fsp3) is 0.0968. The van der Waals surface area contributed by atoms with Gasteiger partial charge in [-0.1, -0.05) is 66.7 Å². The zero-order valence-corrected chi connectivity index (χ0v) is 20.4. The van der Waals surface area contributed by atoms with E-state index in [9.17, 15) is 14.7 Å². The zero-order chi connectivity index (χ0) is 25.7. The molecule has 0 spiro atoms. The summed E-state index contributed by atoms with van der Waals surface area (Å²) < 4.78 is 5.40. The van der Waals surface area contributed by atoms with E-state index >= 15 is 0 Å². The van der Waals surface area contributed by atoms with Crippen molar-refractivity contribution in [3.8, 4) is 5.75 Å². The maximum absolute atomic E-state index is 13.7. The van der Waals surface area contributed by atoms with Gasteiger partial charge in [0.2, 0.25) is 0 Å². The third kappa shape index (κ3) is 3.49. The van der Waals surface area contributed by atoms with Gasteiger partial charge in [-0.2, -0.15) is 0 Å². The zero-order valence-electron chi connectivity index (χ0n) is 20.4. The van der Waals surface area contributed by atoms with Crippen LogP contribution < -0.4 is 9.64 Å². The Balaban J connectivity index is 1.67. The molecule has 0 aliphatic carbocycles. The summed E-state index contributed by atoms with van der Waals surface area (Å²) in [5.41, 5.74) is 3.52. The predicted octanol–water partition coefficient (Wildman–Crippen LogP) is 6.26. The van der Waals surface area contributed by atoms with E-state index in [1.54, 1.807) is 37.4 Å². The van der Waals surface area contributed by atoms with Crippen LogP contribution in [0.25, 0.3) is 27.4 Å². The van der Waals surface area contributed by atoms with Crippen molar-refractivity contribution in [3.05, 3.63) is 113 Å². The highest BCUT2D eigenvalue weighted by molar-refractivity contribution is 6.52. The number of rotatable bonds is 4. The number of H-pyrrole nitrogens is 1. The summed E-state index contributed by atoms with van der Waals surface area (Å²) in [6, 6.07) is 27.2. The number of aromatic nitrogens is 1. The number of ketones is 1. The number of hydrogen-bond acceptors (Lipinski definition) is 4.